The lowest BCUT2D eigenvalue weighted by atomic mass is 10.3. The van der Waals surface area contributed by atoms with Crippen LogP contribution in [0.2, 0.25) is 0 Å². The van der Waals surface area contributed by atoms with Gasteiger partial charge in [-0.15, -0.1) is 0 Å². The monoisotopic (exact) mass is 263 g/mol. The van der Waals surface area contributed by atoms with Gasteiger partial charge in [-0.05, 0) is 12.1 Å². The number of nitrogens with zero attached hydrogens (tertiary/aromatic N) is 1. The van der Waals surface area contributed by atoms with Crippen LogP contribution in [-0.2, 0) is 14.6 Å². The Morgan fingerprint density at radius 2 is 1.82 bits per heavy atom. The third-order valence-electron chi connectivity index (χ3n) is 1.63. The van der Waals surface area contributed by atoms with Gasteiger partial charge < -0.3 is 4.74 Å². The first-order chi connectivity index (χ1) is 7.88. The van der Waals surface area contributed by atoms with Gasteiger partial charge in [-0.2, -0.15) is 8.42 Å². The summed E-state index contributed by atoms with van der Waals surface area (Å²) in [6.45, 7) is -0.465. The van der Waals surface area contributed by atoms with Crippen LogP contribution in [-0.4, -0.2) is 31.1 Å². The Hall–Kier alpha value is -1.71. The second-order valence-corrected chi connectivity index (χ2v) is 3.94. The van der Waals surface area contributed by atoms with E-state index in [2.05, 4.69) is 4.18 Å². The first-order valence-corrected chi connectivity index (χ1v) is 5.74. The number of nitro groups is 1. The summed E-state index contributed by atoms with van der Waals surface area (Å²) in [6.07, 6.45) is 0. The number of non-ortho nitro benzene ring substituents is 1. The van der Waals surface area contributed by atoms with Crippen LogP contribution in [0.25, 0.3) is 0 Å². The Bertz CT molecular complexity index is 481. The number of ether oxygens (including phenoxy) is 1. The van der Waals surface area contributed by atoms with E-state index in [1.807, 2.05) is 0 Å². The number of nitro benzene ring substituents is 1. The standard InChI is InChI=1S/C8H9NO7S/c10-9(11)7-1-3-8(4-2-7)15-5-6-16-17(12,13)14/h1-4H,5-6H2,(H,12,13,14). The maximum Gasteiger partial charge on any atom is 0.397 e. The lowest BCUT2D eigenvalue weighted by Gasteiger charge is -2.04. The zero-order chi connectivity index (χ0) is 12.9. The fourth-order valence-corrected chi connectivity index (χ4v) is 1.24. The quantitative estimate of drug-likeness (QED) is 0.349. The molecule has 1 N–H and O–H groups in total. The molecule has 0 unspecified atom stereocenters. The molecule has 8 nitrogen and oxygen atoms in total. The molecule has 0 fully saturated rings. The Morgan fingerprint density at radius 1 is 1.24 bits per heavy atom. The minimum absolute atomic E-state index is 0.0773. The summed E-state index contributed by atoms with van der Waals surface area (Å²) >= 11 is 0. The third-order valence-corrected chi connectivity index (χ3v) is 2.10. The van der Waals surface area contributed by atoms with Crippen LogP contribution in [0.1, 0.15) is 0 Å². The average Bonchev–Trinajstić information content (AvgIpc) is 2.24. The molecule has 0 amide bonds. The van der Waals surface area contributed by atoms with Crippen LogP contribution in [0.15, 0.2) is 24.3 Å². The number of hydrogen-bond acceptors (Lipinski definition) is 6. The lowest BCUT2D eigenvalue weighted by molar-refractivity contribution is -0.384. The summed E-state index contributed by atoms with van der Waals surface area (Å²) in [7, 11) is -4.47. The van der Waals surface area contributed by atoms with Crippen molar-refractivity contribution in [3.05, 3.63) is 34.4 Å². The summed E-state index contributed by atoms with van der Waals surface area (Å²) in [5, 5.41) is 10.3. The summed E-state index contributed by atoms with van der Waals surface area (Å²) in [6, 6.07) is 5.23. The Kier molecular flexibility index (Phi) is 4.37. The molecule has 0 aliphatic rings. The molecule has 0 atom stereocenters. The van der Waals surface area contributed by atoms with Crippen molar-refractivity contribution in [1.82, 2.24) is 0 Å². The minimum atomic E-state index is -4.47. The summed E-state index contributed by atoms with van der Waals surface area (Å²) < 4.78 is 37.6. The fourth-order valence-electron chi connectivity index (χ4n) is 0.963. The number of hydrogen-bond donors (Lipinski definition) is 1. The van der Waals surface area contributed by atoms with E-state index in [0.717, 1.165) is 0 Å². The van der Waals surface area contributed by atoms with Crippen LogP contribution < -0.4 is 4.74 Å². The molecule has 0 aliphatic heterocycles. The molecule has 0 radical (unpaired) electrons. The van der Waals surface area contributed by atoms with Gasteiger partial charge in [0.1, 0.15) is 19.0 Å². The molecule has 9 heteroatoms. The van der Waals surface area contributed by atoms with Gasteiger partial charge in [0.05, 0.1) is 4.92 Å². The van der Waals surface area contributed by atoms with Crippen LogP contribution in [0, 0.1) is 10.1 Å². The third kappa shape index (κ3) is 5.24. The van der Waals surface area contributed by atoms with Gasteiger partial charge in [-0.3, -0.25) is 14.7 Å². The predicted octanol–water partition coefficient (Wildman–Crippen LogP) is 0.793. The smallest absolute Gasteiger partial charge is 0.397 e. The first kappa shape index (κ1) is 13.4. The fraction of sp³-hybridized carbons (Fsp3) is 0.250. The molecular weight excluding hydrogens is 254 g/mol. The van der Waals surface area contributed by atoms with E-state index in [-0.39, 0.29) is 18.9 Å². The molecule has 0 aliphatic carbocycles. The van der Waals surface area contributed by atoms with Crippen molar-refractivity contribution < 1.29 is 26.8 Å². The van der Waals surface area contributed by atoms with E-state index in [9.17, 15) is 18.5 Å². The maximum atomic E-state index is 10.3. The van der Waals surface area contributed by atoms with Crippen molar-refractivity contribution in [3.8, 4) is 5.75 Å². The molecule has 17 heavy (non-hydrogen) atoms. The molecule has 1 aromatic carbocycles. The summed E-state index contributed by atoms with van der Waals surface area (Å²) in [5.41, 5.74) is -0.0773. The largest absolute Gasteiger partial charge is 0.491 e. The zero-order valence-electron chi connectivity index (χ0n) is 8.48. The highest BCUT2D eigenvalue weighted by Gasteiger charge is 2.06. The van der Waals surface area contributed by atoms with Crippen molar-refractivity contribution in [1.29, 1.82) is 0 Å². The molecule has 0 saturated heterocycles. The highest BCUT2D eigenvalue weighted by Crippen LogP contribution is 2.16. The van der Waals surface area contributed by atoms with Gasteiger partial charge >= 0.3 is 10.4 Å². The molecule has 0 saturated carbocycles. The zero-order valence-corrected chi connectivity index (χ0v) is 9.29. The van der Waals surface area contributed by atoms with Crippen LogP contribution in [0.3, 0.4) is 0 Å². The van der Waals surface area contributed by atoms with Crippen LogP contribution in [0.5, 0.6) is 5.75 Å². The Labute approximate surface area is 96.9 Å². The number of benzene rings is 1. The van der Waals surface area contributed by atoms with Gasteiger partial charge in [0.15, 0.2) is 0 Å². The second kappa shape index (κ2) is 5.57. The lowest BCUT2D eigenvalue weighted by Crippen LogP contribution is -2.11. The molecule has 0 bridgehead atoms. The molecule has 1 aromatic rings. The van der Waals surface area contributed by atoms with Crippen LogP contribution in [0.4, 0.5) is 5.69 Å². The molecule has 0 aromatic heterocycles. The SMILES string of the molecule is O=[N+]([O-])c1ccc(OCCOS(=O)(=O)O)cc1. The highest BCUT2D eigenvalue weighted by atomic mass is 32.3. The molecule has 0 heterocycles. The molecule has 1 rings (SSSR count). The van der Waals surface area contributed by atoms with E-state index in [1.165, 1.54) is 24.3 Å². The Balaban J connectivity index is 2.40. The van der Waals surface area contributed by atoms with Crippen molar-refractivity contribution >= 4 is 16.1 Å². The maximum absolute atomic E-state index is 10.3. The van der Waals surface area contributed by atoms with Gasteiger partial charge in [0, 0.05) is 12.1 Å². The minimum Gasteiger partial charge on any atom is -0.491 e. The van der Waals surface area contributed by atoms with Gasteiger partial charge in [0.2, 0.25) is 0 Å². The predicted molar refractivity (Wildman–Crippen MR) is 56.1 cm³/mol. The van der Waals surface area contributed by atoms with E-state index < -0.39 is 15.3 Å². The molecule has 0 spiro atoms. The van der Waals surface area contributed by atoms with E-state index in [4.69, 9.17) is 9.29 Å². The van der Waals surface area contributed by atoms with E-state index >= 15 is 0 Å². The van der Waals surface area contributed by atoms with E-state index in [0.29, 0.717) is 5.75 Å². The van der Waals surface area contributed by atoms with Crippen molar-refractivity contribution in [3.63, 3.8) is 0 Å². The molecular formula is C8H9NO7S. The van der Waals surface area contributed by atoms with Gasteiger partial charge in [-0.1, -0.05) is 0 Å². The van der Waals surface area contributed by atoms with Crippen molar-refractivity contribution in [2.75, 3.05) is 13.2 Å². The normalized spacial score (nSPS) is 11.1. The van der Waals surface area contributed by atoms with E-state index in [1.54, 1.807) is 0 Å². The molecule has 94 valence electrons. The second-order valence-electron chi connectivity index (χ2n) is 2.85. The first-order valence-electron chi connectivity index (χ1n) is 4.37. The van der Waals surface area contributed by atoms with Crippen molar-refractivity contribution in [2.24, 2.45) is 0 Å². The highest BCUT2D eigenvalue weighted by molar-refractivity contribution is 7.80. The topological polar surface area (TPSA) is 116 Å². The van der Waals surface area contributed by atoms with Gasteiger partial charge in [-0.25, -0.2) is 4.18 Å². The van der Waals surface area contributed by atoms with Crippen molar-refractivity contribution in [2.45, 2.75) is 0 Å². The van der Waals surface area contributed by atoms with Crippen LogP contribution >= 0.6 is 0 Å². The summed E-state index contributed by atoms with van der Waals surface area (Å²) in [4.78, 5) is 9.78. The number of rotatable bonds is 6. The Morgan fingerprint density at radius 3 is 2.29 bits per heavy atom. The average molecular weight is 263 g/mol. The summed E-state index contributed by atoms with van der Waals surface area (Å²) in [5.74, 6) is 0.328. The van der Waals surface area contributed by atoms with Gasteiger partial charge in [0.25, 0.3) is 5.69 Å².